The van der Waals surface area contributed by atoms with Gasteiger partial charge in [0.2, 0.25) is 0 Å². The minimum absolute atomic E-state index is 0.439. The summed E-state index contributed by atoms with van der Waals surface area (Å²) in [4.78, 5) is 5.73. The standard InChI is InChI=1S/C16H25N3/c1-5-12(10-17-2)16(19(3)4)14-11-18-15-9-7-6-8-13(14)15/h6-9,11-12,16-18H,5,10H2,1-4H3. The molecule has 0 aliphatic heterocycles. The van der Waals surface area contributed by atoms with E-state index in [1.165, 1.54) is 22.9 Å². The van der Waals surface area contributed by atoms with Crippen molar-refractivity contribution in [1.82, 2.24) is 15.2 Å². The van der Waals surface area contributed by atoms with Crippen LogP contribution in [0.5, 0.6) is 0 Å². The monoisotopic (exact) mass is 259 g/mol. The molecule has 1 heterocycles. The maximum absolute atomic E-state index is 3.40. The number of nitrogens with one attached hydrogen (secondary N) is 2. The summed E-state index contributed by atoms with van der Waals surface area (Å²) >= 11 is 0. The van der Waals surface area contributed by atoms with Gasteiger partial charge in [0.05, 0.1) is 0 Å². The first-order chi connectivity index (χ1) is 9.19. The lowest BCUT2D eigenvalue weighted by Crippen LogP contribution is -2.32. The Morgan fingerprint density at radius 1 is 1.26 bits per heavy atom. The fourth-order valence-electron chi connectivity index (χ4n) is 3.03. The quantitative estimate of drug-likeness (QED) is 0.835. The number of aromatic nitrogens is 1. The molecule has 0 amide bonds. The first-order valence-corrected chi connectivity index (χ1v) is 7.06. The number of fused-ring (bicyclic) bond motifs is 1. The smallest absolute Gasteiger partial charge is 0.0457 e. The van der Waals surface area contributed by atoms with Crippen LogP contribution in [-0.2, 0) is 0 Å². The average Bonchev–Trinajstić information content (AvgIpc) is 2.82. The molecule has 1 aromatic heterocycles. The highest BCUT2D eigenvalue weighted by Crippen LogP contribution is 2.33. The lowest BCUT2D eigenvalue weighted by Gasteiger charge is -2.32. The van der Waals surface area contributed by atoms with Crippen LogP contribution in [0.2, 0.25) is 0 Å². The van der Waals surface area contributed by atoms with E-state index >= 15 is 0 Å². The van der Waals surface area contributed by atoms with Gasteiger partial charge in [0.15, 0.2) is 0 Å². The zero-order valence-electron chi connectivity index (χ0n) is 12.4. The van der Waals surface area contributed by atoms with Gasteiger partial charge >= 0.3 is 0 Å². The van der Waals surface area contributed by atoms with E-state index in [2.05, 4.69) is 66.7 Å². The summed E-state index contributed by atoms with van der Waals surface area (Å²) in [6, 6.07) is 8.99. The van der Waals surface area contributed by atoms with E-state index in [0.717, 1.165) is 6.54 Å². The van der Waals surface area contributed by atoms with Gasteiger partial charge in [-0.3, -0.25) is 0 Å². The highest BCUT2D eigenvalue weighted by Gasteiger charge is 2.25. The highest BCUT2D eigenvalue weighted by molar-refractivity contribution is 5.83. The molecule has 2 rings (SSSR count). The van der Waals surface area contributed by atoms with Crippen LogP contribution in [-0.4, -0.2) is 37.6 Å². The second-order valence-corrected chi connectivity index (χ2v) is 5.42. The molecule has 0 aliphatic rings. The van der Waals surface area contributed by atoms with Crippen molar-refractivity contribution >= 4 is 10.9 Å². The van der Waals surface area contributed by atoms with Crippen molar-refractivity contribution in [2.24, 2.45) is 5.92 Å². The Morgan fingerprint density at radius 2 is 2.00 bits per heavy atom. The minimum Gasteiger partial charge on any atom is -0.361 e. The van der Waals surface area contributed by atoms with Crippen molar-refractivity contribution < 1.29 is 0 Å². The predicted molar refractivity (Wildman–Crippen MR) is 82.4 cm³/mol. The summed E-state index contributed by atoms with van der Waals surface area (Å²) < 4.78 is 0. The highest BCUT2D eigenvalue weighted by atomic mass is 15.1. The molecular formula is C16H25N3. The normalized spacial score (nSPS) is 15.0. The van der Waals surface area contributed by atoms with Crippen LogP contribution in [0.4, 0.5) is 0 Å². The number of rotatable bonds is 6. The van der Waals surface area contributed by atoms with Gasteiger partial charge in [0.1, 0.15) is 0 Å². The largest absolute Gasteiger partial charge is 0.361 e. The number of hydrogen-bond donors (Lipinski definition) is 2. The third kappa shape index (κ3) is 2.82. The van der Waals surface area contributed by atoms with Crippen LogP contribution in [0.3, 0.4) is 0 Å². The number of hydrogen-bond acceptors (Lipinski definition) is 2. The molecule has 2 aromatic rings. The zero-order valence-corrected chi connectivity index (χ0v) is 12.4. The van der Waals surface area contributed by atoms with Crippen molar-refractivity contribution in [3.8, 4) is 0 Å². The third-order valence-electron chi connectivity index (χ3n) is 3.93. The van der Waals surface area contributed by atoms with Crippen molar-refractivity contribution in [3.05, 3.63) is 36.0 Å². The van der Waals surface area contributed by atoms with E-state index in [0.29, 0.717) is 12.0 Å². The minimum atomic E-state index is 0.439. The van der Waals surface area contributed by atoms with Crippen molar-refractivity contribution in [1.29, 1.82) is 0 Å². The third-order valence-corrected chi connectivity index (χ3v) is 3.93. The predicted octanol–water partition coefficient (Wildman–Crippen LogP) is 3.02. The van der Waals surface area contributed by atoms with E-state index in [1.54, 1.807) is 0 Å². The SMILES string of the molecule is CCC(CNC)C(c1c[nH]c2ccccc12)N(C)C. The molecular weight excluding hydrogens is 234 g/mol. The van der Waals surface area contributed by atoms with E-state index < -0.39 is 0 Å². The molecule has 0 spiro atoms. The summed E-state index contributed by atoms with van der Waals surface area (Å²) in [5.41, 5.74) is 2.63. The number of H-pyrrole nitrogens is 1. The van der Waals surface area contributed by atoms with Crippen LogP contribution in [0.15, 0.2) is 30.5 Å². The van der Waals surface area contributed by atoms with Gasteiger partial charge in [0, 0.05) is 23.1 Å². The number of aromatic amines is 1. The molecule has 19 heavy (non-hydrogen) atoms. The average molecular weight is 259 g/mol. The Bertz CT molecular complexity index is 515. The van der Waals surface area contributed by atoms with Crippen molar-refractivity contribution in [2.75, 3.05) is 27.7 Å². The van der Waals surface area contributed by atoms with Crippen LogP contribution in [0.1, 0.15) is 24.9 Å². The van der Waals surface area contributed by atoms with E-state index in [9.17, 15) is 0 Å². The molecule has 2 atom stereocenters. The van der Waals surface area contributed by atoms with Crippen LogP contribution < -0.4 is 5.32 Å². The maximum atomic E-state index is 3.40. The topological polar surface area (TPSA) is 31.1 Å². The summed E-state index contributed by atoms with van der Waals surface area (Å²) in [5, 5.41) is 4.67. The summed E-state index contributed by atoms with van der Waals surface area (Å²) in [6.07, 6.45) is 3.34. The molecule has 104 valence electrons. The molecule has 0 aliphatic carbocycles. The summed E-state index contributed by atoms with van der Waals surface area (Å²) in [5.74, 6) is 0.610. The van der Waals surface area contributed by atoms with Gasteiger partial charge < -0.3 is 15.2 Å². The number of nitrogens with zero attached hydrogens (tertiary/aromatic N) is 1. The second-order valence-electron chi connectivity index (χ2n) is 5.42. The van der Waals surface area contributed by atoms with Crippen molar-refractivity contribution in [3.63, 3.8) is 0 Å². The summed E-state index contributed by atoms with van der Waals surface area (Å²) in [7, 11) is 6.38. The number of benzene rings is 1. The second kappa shape index (κ2) is 6.22. The first kappa shape index (κ1) is 14.1. The van der Waals surface area contributed by atoms with E-state index in [-0.39, 0.29) is 0 Å². The van der Waals surface area contributed by atoms with Gasteiger partial charge in [-0.15, -0.1) is 0 Å². The first-order valence-electron chi connectivity index (χ1n) is 7.06. The van der Waals surface area contributed by atoms with Gasteiger partial charge in [-0.1, -0.05) is 31.5 Å². The van der Waals surface area contributed by atoms with Crippen LogP contribution in [0.25, 0.3) is 10.9 Å². The molecule has 0 radical (unpaired) electrons. The van der Waals surface area contributed by atoms with Gasteiger partial charge in [-0.25, -0.2) is 0 Å². The Balaban J connectivity index is 2.43. The molecule has 0 fully saturated rings. The Hall–Kier alpha value is -1.32. The molecule has 0 saturated carbocycles. The van der Waals surface area contributed by atoms with Gasteiger partial charge in [-0.2, -0.15) is 0 Å². The molecule has 2 unspecified atom stereocenters. The maximum Gasteiger partial charge on any atom is 0.0457 e. The molecule has 1 aromatic carbocycles. The Labute approximate surface area is 116 Å². The van der Waals surface area contributed by atoms with Crippen LogP contribution >= 0.6 is 0 Å². The van der Waals surface area contributed by atoms with Gasteiger partial charge in [-0.05, 0) is 45.2 Å². The Morgan fingerprint density at radius 3 is 2.63 bits per heavy atom. The molecule has 0 saturated heterocycles. The van der Waals surface area contributed by atoms with E-state index in [4.69, 9.17) is 0 Å². The fraction of sp³-hybridized carbons (Fsp3) is 0.500. The Kier molecular flexibility index (Phi) is 4.61. The molecule has 3 nitrogen and oxygen atoms in total. The zero-order chi connectivity index (χ0) is 13.8. The number of para-hydroxylation sites is 1. The van der Waals surface area contributed by atoms with Crippen molar-refractivity contribution in [2.45, 2.75) is 19.4 Å². The van der Waals surface area contributed by atoms with Crippen LogP contribution in [0, 0.1) is 5.92 Å². The fourth-order valence-corrected chi connectivity index (χ4v) is 3.03. The van der Waals surface area contributed by atoms with E-state index in [1.807, 2.05) is 7.05 Å². The summed E-state index contributed by atoms with van der Waals surface area (Å²) in [6.45, 7) is 3.31. The molecule has 2 N–H and O–H groups in total. The lowest BCUT2D eigenvalue weighted by molar-refractivity contribution is 0.206. The molecule has 0 bridgehead atoms. The molecule has 3 heteroatoms. The lowest BCUT2D eigenvalue weighted by atomic mass is 9.89. The van der Waals surface area contributed by atoms with Gasteiger partial charge in [0.25, 0.3) is 0 Å².